The monoisotopic (exact) mass is 258 g/mol. The minimum Gasteiger partial charge on any atom is -0.466 e. The molecule has 1 fully saturated rings. The highest BCUT2D eigenvalue weighted by Gasteiger charge is 2.37. The van der Waals surface area contributed by atoms with Gasteiger partial charge in [-0.3, -0.25) is 14.4 Å². The number of carbonyl (C=O) groups is 3. The van der Waals surface area contributed by atoms with Crippen LogP contribution in [-0.4, -0.2) is 53.1 Å². The van der Waals surface area contributed by atoms with Crippen LogP contribution in [0.2, 0.25) is 0 Å². The number of hydrogen-bond acceptors (Lipinski definition) is 5. The molecule has 1 aliphatic rings. The number of hydrogen-bond donors (Lipinski definition) is 2. The van der Waals surface area contributed by atoms with Crippen molar-refractivity contribution in [3.8, 4) is 0 Å². The quantitative estimate of drug-likeness (QED) is 0.600. The van der Waals surface area contributed by atoms with Crippen LogP contribution in [0.3, 0.4) is 0 Å². The lowest BCUT2D eigenvalue weighted by atomic mass is 10.2. The van der Waals surface area contributed by atoms with E-state index in [-0.39, 0.29) is 38.3 Å². The fourth-order valence-corrected chi connectivity index (χ4v) is 1.94. The summed E-state index contributed by atoms with van der Waals surface area (Å²) < 4.78 is 4.70. The molecule has 1 saturated heterocycles. The summed E-state index contributed by atoms with van der Waals surface area (Å²) in [5, 5.41) is 9.44. The molecule has 1 rings (SSSR count). The van der Waals surface area contributed by atoms with Crippen LogP contribution >= 0.6 is 0 Å². The fraction of sp³-hybridized carbons (Fsp3) is 0.727. The molecule has 7 nitrogen and oxygen atoms in total. The van der Waals surface area contributed by atoms with Crippen LogP contribution in [0, 0.1) is 0 Å². The molecule has 7 heteroatoms. The molecular formula is C11H18N2O5. The Bertz CT molecular complexity index is 344. The number of aliphatic hydroxyl groups is 1. The summed E-state index contributed by atoms with van der Waals surface area (Å²) in [4.78, 5) is 35.3. The van der Waals surface area contributed by atoms with Crippen molar-refractivity contribution >= 4 is 17.8 Å². The number of nitrogens with two attached hydrogens (primary N) is 1. The Morgan fingerprint density at radius 1 is 1.39 bits per heavy atom. The number of carbonyl (C=O) groups excluding carboxylic acids is 3. The van der Waals surface area contributed by atoms with Crippen LogP contribution in [0.1, 0.15) is 26.2 Å². The number of primary amides is 1. The van der Waals surface area contributed by atoms with Crippen molar-refractivity contribution in [3.63, 3.8) is 0 Å². The van der Waals surface area contributed by atoms with E-state index in [1.807, 2.05) is 0 Å². The number of rotatable bonds is 5. The largest absolute Gasteiger partial charge is 0.466 e. The van der Waals surface area contributed by atoms with Gasteiger partial charge in [0.05, 0.1) is 19.1 Å². The molecule has 0 aliphatic carbocycles. The van der Waals surface area contributed by atoms with Crippen molar-refractivity contribution in [1.82, 2.24) is 4.90 Å². The molecule has 102 valence electrons. The first-order valence-electron chi connectivity index (χ1n) is 5.88. The molecule has 0 spiro atoms. The lowest BCUT2D eigenvalue weighted by Crippen LogP contribution is -2.43. The SMILES string of the molecule is CCOC(=O)CCC(=O)N1CC(O)CC1C(N)=O. The van der Waals surface area contributed by atoms with Crippen LogP contribution in [-0.2, 0) is 19.1 Å². The highest BCUT2D eigenvalue weighted by atomic mass is 16.5. The van der Waals surface area contributed by atoms with Crippen molar-refractivity contribution in [2.75, 3.05) is 13.2 Å². The molecule has 0 aromatic heterocycles. The Morgan fingerprint density at radius 2 is 2.06 bits per heavy atom. The van der Waals surface area contributed by atoms with Gasteiger partial charge in [0.1, 0.15) is 6.04 Å². The fourth-order valence-electron chi connectivity index (χ4n) is 1.94. The molecule has 0 radical (unpaired) electrons. The summed E-state index contributed by atoms with van der Waals surface area (Å²) in [7, 11) is 0. The van der Waals surface area contributed by atoms with Gasteiger partial charge in [-0.25, -0.2) is 0 Å². The summed E-state index contributed by atoms with van der Waals surface area (Å²) in [5.41, 5.74) is 5.16. The molecule has 0 aromatic rings. The highest BCUT2D eigenvalue weighted by Crippen LogP contribution is 2.19. The standard InChI is InChI=1S/C11H18N2O5/c1-2-18-10(16)4-3-9(15)13-6-7(14)5-8(13)11(12)17/h7-8,14H,2-6H2,1H3,(H2,12,17). The van der Waals surface area contributed by atoms with E-state index < -0.39 is 24.0 Å². The van der Waals surface area contributed by atoms with E-state index in [1.54, 1.807) is 6.92 Å². The third-order valence-electron chi connectivity index (χ3n) is 2.78. The van der Waals surface area contributed by atoms with Crippen LogP contribution in [0.15, 0.2) is 0 Å². The van der Waals surface area contributed by atoms with Crippen molar-refractivity contribution in [2.24, 2.45) is 5.73 Å². The van der Waals surface area contributed by atoms with E-state index >= 15 is 0 Å². The van der Waals surface area contributed by atoms with Crippen LogP contribution < -0.4 is 5.73 Å². The van der Waals surface area contributed by atoms with Gasteiger partial charge in [0.15, 0.2) is 0 Å². The second kappa shape index (κ2) is 6.34. The average Bonchev–Trinajstić information content (AvgIpc) is 2.69. The minimum atomic E-state index is -0.783. The molecule has 18 heavy (non-hydrogen) atoms. The molecule has 0 bridgehead atoms. The maximum Gasteiger partial charge on any atom is 0.306 e. The number of amides is 2. The van der Waals surface area contributed by atoms with Crippen LogP contribution in [0.5, 0.6) is 0 Å². The Morgan fingerprint density at radius 3 is 2.61 bits per heavy atom. The molecule has 1 heterocycles. The summed E-state index contributed by atoms with van der Waals surface area (Å²) >= 11 is 0. The molecule has 2 atom stereocenters. The lowest BCUT2D eigenvalue weighted by Gasteiger charge is -2.21. The van der Waals surface area contributed by atoms with E-state index in [1.165, 1.54) is 4.90 Å². The second-order valence-electron chi connectivity index (χ2n) is 4.16. The van der Waals surface area contributed by atoms with Gasteiger partial charge in [-0.15, -0.1) is 0 Å². The third kappa shape index (κ3) is 3.69. The van der Waals surface area contributed by atoms with Gasteiger partial charge in [0, 0.05) is 19.4 Å². The van der Waals surface area contributed by atoms with E-state index in [0.717, 1.165) is 0 Å². The Balaban J connectivity index is 2.50. The van der Waals surface area contributed by atoms with Gasteiger partial charge in [-0.2, -0.15) is 0 Å². The smallest absolute Gasteiger partial charge is 0.306 e. The van der Waals surface area contributed by atoms with Gasteiger partial charge in [-0.05, 0) is 6.92 Å². The number of aliphatic hydroxyl groups excluding tert-OH is 1. The molecule has 0 saturated carbocycles. The van der Waals surface area contributed by atoms with Crippen molar-refractivity contribution in [2.45, 2.75) is 38.3 Å². The number of nitrogens with zero attached hydrogens (tertiary/aromatic N) is 1. The zero-order chi connectivity index (χ0) is 13.7. The lowest BCUT2D eigenvalue weighted by molar-refractivity contribution is -0.146. The molecule has 0 aromatic carbocycles. The van der Waals surface area contributed by atoms with E-state index in [0.29, 0.717) is 0 Å². The van der Waals surface area contributed by atoms with Gasteiger partial charge < -0.3 is 20.5 Å². The predicted molar refractivity (Wildman–Crippen MR) is 61.2 cm³/mol. The Labute approximate surface area is 105 Å². The van der Waals surface area contributed by atoms with Crippen molar-refractivity contribution in [1.29, 1.82) is 0 Å². The first-order chi connectivity index (χ1) is 8.45. The molecular weight excluding hydrogens is 240 g/mol. The summed E-state index contributed by atoms with van der Waals surface area (Å²) in [6, 6.07) is -0.783. The zero-order valence-electron chi connectivity index (χ0n) is 10.3. The Kier molecular flexibility index (Phi) is 5.08. The molecule has 2 unspecified atom stereocenters. The molecule has 2 amide bonds. The Hall–Kier alpha value is -1.63. The molecule has 3 N–H and O–H groups in total. The van der Waals surface area contributed by atoms with E-state index in [9.17, 15) is 19.5 Å². The van der Waals surface area contributed by atoms with E-state index in [2.05, 4.69) is 0 Å². The van der Waals surface area contributed by atoms with E-state index in [4.69, 9.17) is 10.5 Å². The van der Waals surface area contributed by atoms with Gasteiger partial charge in [0.2, 0.25) is 11.8 Å². The maximum atomic E-state index is 11.8. The average molecular weight is 258 g/mol. The summed E-state index contributed by atoms with van der Waals surface area (Å²) in [5.74, 6) is -1.47. The van der Waals surface area contributed by atoms with Gasteiger partial charge in [0.25, 0.3) is 0 Å². The second-order valence-corrected chi connectivity index (χ2v) is 4.16. The topological polar surface area (TPSA) is 110 Å². The van der Waals surface area contributed by atoms with Gasteiger partial charge >= 0.3 is 5.97 Å². The summed E-state index contributed by atoms with van der Waals surface area (Å²) in [6.45, 7) is 2.02. The van der Waals surface area contributed by atoms with Crippen molar-refractivity contribution in [3.05, 3.63) is 0 Å². The normalized spacial score (nSPS) is 22.9. The minimum absolute atomic E-state index is 0.0370. The summed E-state index contributed by atoms with van der Waals surface area (Å²) in [6.07, 6.45) is -0.672. The number of likely N-dealkylation sites (tertiary alicyclic amines) is 1. The highest BCUT2D eigenvalue weighted by molar-refractivity contribution is 5.88. The van der Waals surface area contributed by atoms with Crippen molar-refractivity contribution < 1.29 is 24.2 Å². The van der Waals surface area contributed by atoms with Crippen LogP contribution in [0.4, 0.5) is 0 Å². The number of esters is 1. The third-order valence-corrected chi connectivity index (χ3v) is 2.78. The molecule has 1 aliphatic heterocycles. The maximum absolute atomic E-state index is 11.8. The van der Waals surface area contributed by atoms with Gasteiger partial charge in [-0.1, -0.05) is 0 Å². The first kappa shape index (κ1) is 14.4. The number of ether oxygens (including phenoxy) is 1. The van der Waals surface area contributed by atoms with Crippen LogP contribution in [0.25, 0.3) is 0 Å². The first-order valence-corrected chi connectivity index (χ1v) is 5.88. The zero-order valence-corrected chi connectivity index (χ0v) is 10.3. The number of β-amino-alcohol motifs (C(OH)–C–C–N with tert-alkyl or cyclic N) is 1. The predicted octanol–water partition coefficient (Wildman–Crippen LogP) is -1.22.